The van der Waals surface area contributed by atoms with Gasteiger partial charge in [0.15, 0.2) is 0 Å². The number of aromatic amines is 2. The van der Waals surface area contributed by atoms with E-state index in [9.17, 15) is 14.7 Å². The summed E-state index contributed by atoms with van der Waals surface area (Å²) in [7, 11) is 0. The van der Waals surface area contributed by atoms with Crippen LogP contribution < -0.4 is 11.3 Å². The van der Waals surface area contributed by atoms with Gasteiger partial charge in [-0.2, -0.15) is 0 Å². The molecule has 0 aliphatic carbocycles. The van der Waals surface area contributed by atoms with Crippen LogP contribution in [0.5, 0.6) is 0 Å². The first-order chi connectivity index (χ1) is 10.1. The zero-order valence-corrected chi connectivity index (χ0v) is 11.8. The smallest absolute Gasteiger partial charge is 0.337 e. The van der Waals surface area contributed by atoms with Crippen molar-refractivity contribution in [2.75, 3.05) is 12.3 Å². The second-order valence-electron chi connectivity index (χ2n) is 4.56. The number of rotatable bonds is 4. The SMILES string of the molecule is NCCSc1ccc2[nH]c(=O)c3[nH]cc(C(=O)O)c3c2c1. The fourth-order valence-corrected chi connectivity index (χ4v) is 3.06. The van der Waals surface area contributed by atoms with Crippen LogP contribution in [0.4, 0.5) is 0 Å². The van der Waals surface area contributed by atoms with Crippen molar-refractivity contribution < 1.29 is 9.90 Å². The van der Waals surface area contributed by atoms with Gasteiger partial charge in [0.05, 0.1) is 5.56 Å². The molecule has 3 aromatic rings. The van der Waals surface area contributed by atoms with Crippen molar-refractivity contribution in [3.05, 3.63) is 40.3 Å². The predicted molar refractivity (Wildman–Crippen MR) is 83.2 cm³/mol. The van der Waals surface area contributed by atoms with E-state index in [1.54, 1.807) is 17.8 Å². The second-order valence-corrected chi connectivity index (χ2v) is 5.72. The first kappa shape index (κ1) is 13.7. The van der Waals surface area contributed by atoms with Crippen LogP contribution in [0, 0.1) is 0 Å². The standard InChI is InChI=1S/C14H13N3O3S/c15-3-4-21-7-1-2-10-8(5-7)11-9(14(19)20)6-16-12(11)13(18)17-10/h1-2,5-6,16H,3-4,15H2,(H,17,18)(H,19,20). The molecule has 0 bridgehead atoms. The van der Waals surface area contributed by atoms with Gasteiger partial charge in [0.25, 0.3) is 5.56 Å². The Morgan fingerprint density at radius 3 is 2.90 bits per heavy atom. The minimum absolute atomic E-state index is 0.0991. The molecule has 6 nitrogen and oxygen atoms in total. The molecule has 0 radical (unpaired) electrons. The molecule has 1 aromatic carbocycles. The van der Waals surface area contributed by atoms with Crippen molar-refractivity contribution in [1.82, 2.24) is 9.97 Å². The average molecular weight is 303 g/mol. The normalized spacial score (nSPS) is 11.3. The van der Waals surface area contributed by atoms with Crippen molar-refractivity contribution in [1.29, 1.82) is 0 Å². The van der Waals surface area contributed by atoms with Gasteiger partial charge < -0.3 is 20.8 Å². The molecule has 0 unspecified atom stereocenters. The molecule has 5 N–H and O–H groups in total. The van der Waals surface area contributed by atoms with Gasteiger partial charge in [-0.1, -0.05) is 0 Å². The largest absolute Gasteiger partial charge is 0.478 e. The van der Waals surface area contributed by atoms with Crippen LogP contribution in [-0.2, 0) is 0 Å². The Bertz CT molecular complexity index is 897. The lowest BCUT2D eigenvalue weighted by Crippen LogP contribution is -2.07. The fourth-order valence-electron chi connectivity index (χ4n) is 2.34. The molecule has 7 heteroatoms. The molecule has 21 heavy (non-hydrogen) atoms. The summed E-state index contributed by atoms with van der Waals surface area (Å²) in [4.78, 5) is 29.8. The van der Waals surface area contributed by atoms with E-state index < -0.39 is 5.97 Å². The van der Waals surface area contributed by atoms with Gasteiger partial charge in [-0.05, 0) is 18.2 Å². The number of hydrogen-bond donors (Lipinski definition) is 4. The molecule has 0 saturated heterocycles. The highest BCUT2D eigenvalue weighted by molar-refractivity contribution is 7.99. The summed E-state index contributed by atoms with van der Waals surface area (Å²) in [6, 6.07) is 5.55. The predicted octanol–water partition coefficient (Wildman–Crippen LogP) is 1.76. The molecule has 0 saturated carbocycles. The molecular formula is C14H13N3O3S. The minimum Gasteiger partial charge on any atom is -0.478 e. The van der Waals surface area contributed by atoms with Crippen molar-refractivity contribution in [2.24, 2.45) is 5.73 Å². The zero-order valence-electron chi connectivity index (χ0n) is 11.0. The number of H-pyrrole nitrogens is 2. The molecule has 2 aromatic heterocycles. The Balaban J connectivity index is 2.34. The lowest BCUT2D eigenvalue weighted by atomic mass is 10.1. The maximum Gasteiger partial charge on any atom is 0.337 e. The van der Waals surface area contributed by atoms with Crippen LogP contribution in [0.25, 0.3) is 21.8 Å². The molecule has 2 heterocycles. The van der Waals surface area contributed by atoms with Gasteiger partial charge in [0.1, 0.15) is 5.52 Å². The first-order valence-corrected chi connectivity index (χ1v) is 7.33. The molecule has 0 aliphatic rings. The molecule has 3 rings (SSSR count). The van der Waals surface area contributed by atoms with E-state index in [2.05, 4.69) is 9.97 Å². The van der Waals surface area contributed by atoms with Crippen molar-refractivity contribution in [3.8, 4) is 0 Å². The topological polar surface area (TPSA) is 112 Å². The number of hydrogen-bond acceptors (Lipinski definition) is 4. The highest BCUT2D eigenvalue weighted by atomic mass is 32.2. The third-order valence-electron chi connectivity index (χ3n) is 3.23. The number of carboxylic acids is 1. The third kappa shape index (κ3) is 2.30. The molecule has 0 aliphatic heterocycles. The Kier molecular flexibility index (Phi) is 3.44. The summed E-state index contributed by atoms with van der Waals surface area (Å²) in [6.45, 7) is 0.564. The number of nitrogens with one attached hydrogen (secondary N) is 2. The van der Waals surface area contributed by atoms with Crippen molar-refractivity contribution in [2.45, 2.75) is 4.90 Å². The van der Waals surface area contributed by atoms with Crippen LogP contribution in [0.15, 0.2) is 34.1 Å². The Morgan fingerprint density at radius 2 is 2.19 bits per heavy atom. The quantitative estimate of drug-likeness (QED) is 0.549. The summed E-state index contributed by atoms with van der Waals surface area (Å²) >= 11 is 1.59. The van der Waals surface area contributed by atoms with Crippen LogP contribution in [0.3, 0.4) is 0 Å². The molecular weight excluding hydrogens is 290 g/mol. The van der Waals surface area contributed by atoms with Gasteiger partial charge >= 0.3 is 5.97 Å². The number of carbonyl (C=O) groups is 1. The van der Waals surface area contributed by atoms with Gasteiger partial charge in [-0.25, -0.2) is 4.79 Å². The molecule has 0 spiro atoms. The van der Waals surface area contributed by atoms with E-state index in [4.69, 9.17) is 5.73 Å². The van der Waals surface area contributed by atoms with Gasteiger partial charge in [0, 0.05) is 39.7 Å². The fraction of sp³-hybridized carbons (Fsp3) is 0.143. The van der Waals surface area contributed by atoms with Crippen LogP contribution in [-0.4, -0.2) is 33.3 Å². The van der Waals surface area contributed by atoms with Gasteiger partial charge in [-0.15, -0.1) is 11.8 Å². The highest BCUT2D eigenvalue weighted by Gasteiger charge is 2.16. The number of pyridine rings is 1. The number of thioether (sulfide) groups is 1. The average Bonchev–Trinajstić information content (AvgIpc) is 2.91. The van der Waals surface area contributed by atoms with E-state index in [-0.39, 0.29) is 16.6 Å². The molecule has 0 atom stereocenters. The molecule has 108 valence electrons. The van der Waals surface area contributed by atoms with E-state index in [1.165, 1.54) is 6.20 Å². The third-order valence-corrected chi connectivity index (χ3v) is 4.26. The number of aromatic carboxylic acids is 1. The lowest BCUT2D eigenvalue weighted by molar-refractivity contribution is 0.0699. The highest BCUT2D eigenvalue weighted by Crippen LogP contribution is 2.28. The van der Waals surface area contributed by atoms with Gasteiger partial charge in [-0.3, -0.25) is 4.79 Å². The Hall–Kier alpha value is -2.25. The molecule has 0 fully saturated rings. The summed E-state index contributed by atoms with van der Waals surface area (Å²) in [5.74, 6) is -0.287. The maximum atomic E-state index is 12.0. The van der Waals surface area contributed by atoms with E-state index in [0.717, 1.165) is 10.6 Å². The number of aromatic nitrogens is 2. The van der Waals surface area contributed by atoms with Crippen LogP contribution in [0.2, 0.25) is 0 Å². The lowest BCUT2D eigenvalue weighted by Gasteiger charge is -2.05. The Labute approximate surface area is 123 Å². The first-order valence-electron chi connectivity index (χ1n) is 6.35. The van der Waals surface area contributed by atoms with Crippen LogP contribution >= 0.6 is 11.8 Å². The number of benzene rings is 1. The van der Waals surface area contributed by atoms with Crippen LogP contribution in [0.1, 0.15) is 10.4 Å². The summed E-state index contributed by atoms with van der Waals surface area (Å²) < 4.78 is 0. The van der Waals surface area contributed by atoms with E-state index in [1.807, 2.05) is 12.1 Å². The summed E-state index contributed by atoms with van der Waals surface area (Å²) in [5.41, 5.74) is 6.16. The number of carboxylic acid groups (broad SMARTS) is 1. The van der Waals surface area contributed by atoms with Crippen molar-refractivity contribution in [3.63, 3.8) is 0 Å². The van der Waals surface area contributed by atoms with E-state index in [0.29, 0.717) is 22.8 Å². The number of fused-ring (bicyclic) bond motifs is 3. The van der Waals surface area contributed by atoms with Crippen molar-refractivity contribution >= 4 is 39.5 Å². The van der Waals surface area contributed by atoms with E-state index >= 15 is 0 Å². The second kappa shape index (κ2) is 5.27. The Morgan fingerprint density at radius 1 is 1.38 bits per heavy atom. The number of nitrogens with two attached hydrogens (primary N) is 1. The summed E-state index contributed by atoms with van der Waals surface area (Å²) in [6.07, 6.45) is 1.35. The maximum absolute atomic E-state index is 12.0. The molecule has 0 amide bonds. The minimum atomic E-state index is -1.06. The van der Waals surface area contributed by atoms with Gasteiger partial charge in [0.2, 0.25) is 0 Å². The summed E-state index contributed by atoms with van der Waals surface area (Å²) in [5, 5.41) is 10.4. The monoisotopic (exact) mass is 303 g/mol. The zero-order chi connectivity index (χ0) is 15.0.